The molecule has 16 heteroatoms. The molecule has 0 aliphatic rings. The van der Waals surface area contributed by atoms with Crippen LogP contribution < -0.4 is 26.2 Å². The zero-order chi connectivity index (χ0) is 39.8. The van der Waals surface area contributed by atoms with Crippen LogP contribution in [0.5, 0.6) is 5.75 Å². The molecule has 2 amide bonds. The van der Waals surface area contributed by atoms with Gasteiger partial charge in [0.15, 0.2) is 11.2 Å². The number of ether oxygens (including phenoxy) is 2. The first-order valence-corrected chi connectivity index (χ1v) is 14.7. The fourth-order valence-electron chi connectivity index (χ4n) is 4.23. The van der Waals surface area contributed by atoms with E-state index in [1.54, 1.807) is 41.5 Å². The molecular formula is C33H36F3N7O6. The number of halogens is 3. The van der Waals surface area contributed by atoms with Gasteiger partial charge in [-0.25, -0.2) is 14.8 Å². The first-order valence-electron chi connectivity index (χ1n) is 16.7. The zero-order valence-electron chi connectivity index (χ0n) is 31.3. The Hall–Kier alpha value is -5.54. The third-order valence-electron chi connectivity index (χ3n) is 6.20. The molecule has 0 spiro atoms. The van der Waals surface area contributed by atoms with Crippen LogP contribution in [0.1, 0.15) is 68.6 Å². The molecule has 13 nitrogen and oxygen atoms in total. The van der Waals surface area contributed by atoms with Crippen molar-refractivity contribution in [3.63, 3.8) is 0 Å². The molecular weight excluding hydrogens is 647 g/mol. The van der Waals surface area contributed by atoms with E-state index in [-0.39, 0.29) is 45.4 Å². The Morgan fingerprint density at radius 1 is 1.00 bits per heavy atom. The highest BCUT2D eigenvalue weighted by molar-refractivity contribution is 5.99. The van der Waals surface area contributed by atoms with Crippen LogP contribution in [0, 0.1) is 0 Å². The van der Waals surface area contributed by atoms with Crippen molar-refractivity contribution in [3.05, 3.63) is 81.8 Å². The van der Waals surface area contributed by atoms with Crippen molar-refractivity contribution in [3.8, 4) is 5.75 Å². The molecule has 0 radical (unpaired) electrons. The Balaban J connectivity index is 1.66. The highest BCUT2D eigenvalue weighted by atomic mass is 19.4. The van der Waals surface area contributed by atoms with Gasteiger partial charge in [-0.05, 0) is 83.5 Å². The summed E-state index contributed by atoms with van der Waals surface area (Å²) in [6, 6.07) is 0.702. The molecule has 4 rings (SSSR count). The fourth-order valence-corrected chi connectivity index (χ4v) is 4.23. The largest absolute Gasteiger partial charge is 0.488 e. The Bertz CT molecular complexity index is 2110. The highest BCUT2D eigenvalue weighted by Crippen LogP contribution is 2.26. The van der Waals surface area contributed by atoms with E-state index in [2.05, 4.69) is 25.3 Å². The minimum absolute atomic E-state index is 0.170. The Morgan fingerprint density at radius 3 is 2.20 bits per heavy atom. The number of anilines is 2. The monoisotopic (exact) mass is 687 g/mol. The number of aromatic amines is 1. The number of carbonyl (C=O) groups is 3. The van der Waals surface area contributed by atoms with Crippen molar-refractivity contribution in [2.45, 2.75) is 77.9 Å². The van der Waals surface area contributed by atoms with Gasteiger partial charge in [-0.3, -0.25) is 24.3 Å². The summed E-state index contributed by atoms with van der Waals surface area (Å²) < 4.78 is 86.1. The van der Waals surface area contributed by atoms with Crippen molar-refractivity contribution in [1.82, 2.24) is 25.3 Å². The number of aromatic nitrogens is 4. The number of esters is 1. The molecule has 2 aromatic carbocycles. The van der Waals surface area contributed by atoms with E-state index < -0.39 is 83.9 Å². The van der Waals surface area contributed by atoms with Crippen LogP contribution in [0.25, 0.3) is 11.2 Å². The maximum absolute atomic E-state index is 13.7. The van der Waals surface area contributed by atoms with Gasteiger partial charge in [-0.2, -0.15) is 18.2 Å². The number of nitrogens with zero attached hydrogens (tertiary/aromatic N) is 4. The highest BCUT2D eigenvalue weighted by Gasteiger charge is 2.43. The predicted molar refractivity (Wildman–Crippen MR) is 174 cm³/mol. The minimum atomic E-state index is -5.34. The van der Waals surface area contributed by atoms with E-state index in [4.69, 9.17) is 20.7 Å². The van der Waals surface area contributed by atoms with Crippen LogP contribution in [0.3, 0.4) is 0 Å². The van der Waals surface area contributed by atoms with Crippen LogP contribution in [0.15, 0.2) is 59.4 Å². The first kappa shape index (κ1) is 30.8. The average Bonchev–Trinajstić information content (AvgIpc) is 3.04. The maximum Gasteiger partial charge on any atom is 0.471 e. The van der Waals surface area contributed by atoms with E-state index in [0.717, 1.165) is 30.5 Å². The van der Waals surface area contributed by atoms with Crippen LogP contribution in [0.2, 0.25) is 0 Å². The number of H-pyrrole nitrogens is 1. The van der Waals surface area contributed by atoms with Crippen LogP contribution in [0.4, 0.5) is 24.8 Å². The summed E-state index contributed by atoms with van der Waals surface area (Å²) in [4.78, 5) is 65.8. The van der Waals surface area contributed by atoms with Crippen molar-refractivity contribution in [2.75, 3.05) is 10.6 Å². The number of rotatable bonds is 9. The molecule has 1 unspecified atom stereocenters. The number of carbonyl (C=O) groups excluding carboxylic acids is 3. The predicted octanol–water partition coefficient (Wildman–Crippen LogP) is 4.25. The van der Waals surface area contributed by atoms with E-state index in [0.29, 0.717) is 4.90 Å². The molecule has 260 valence electrons. The maximum atomic E-state index is 13.7. The molecule has 4 N–H and O–H groups in total. The number of benzene rings is 2. The second-order valence-corrected chi connectivity index (χ2v) is 12.7. The van der Waals surface area contributed by atoms with Crippen LogP contribution in [-0.2, 0) is 27.3 Å². The van der Waals surface area contributed by atoms with Gasteiger partial charge in [0.25, 0.3) is 11.5 Å². The van der Waals surface area contributed by atoms with E-state index >= 15 is 0 Å². The van der Waals surface area contributed by atoms with Crippen molar-refractivity contribution in [2.24, 2.45) is 0 Å². The van der Waals surface area contributed by atoms with Gasteiger partial charge in [-0.15, -0.1) is 0 Å². The van der Waals surface area contributed by atoms with Gasteiger partial charge in [0, 0.05) is 17.7 Å². The lowest BCUT2D eigenvalue weighted by atomic mass is 10.0. The quantitative estimate of drug-likeness (QED) is 0.215. The summed E-state index contributed by atoms with van der Waals surface area (Å²) >= 11 is 0. The number of amides is 2. The number of alkyl halides is 3. The molecule has 49 heavy (non-hydrogen) atoms. The smallest absolute Gasteiger partial charge is 0.471 e. The second-order valence-electron chi connectivity index (χ2n) is 12.7. The minimum Gasteiger partial charge on any atom is -0.488 e. The standard InChI is InChI=1S/C33H36F3N7O6/c1-31(2,3)48-22-13-7-18(8-14-22)15-23(28(46)49-32(4,5)6)40-26(44)19-9-11-21(12-10-19)43(29(47)33(34,35)36)17-20-16-38-25-24(39-20)27(45)42-30(37)41-25/h7-14,16,23H,15,17H2,1-6H3,(H,40,44)(H3,37,38,41,42,45)/i7D,8D,13D,14D. The van der Waals surface area contributed by atoms with Crippen molar-refractivity contribution in [1.29, 1.82) is 0 Å². The normalized spacial score (nSPS) is 13.8. The third-order valence-corrected chi connectivity index (χ3v) is 6.20. The lowest BCUT2D eigenvalue weighted by molar-refractivity contribution is -0.170. The summed E-state index contributed by atoms with van der Waals surface area (Å²) in [6.45, 7) is 8.90. The van der Waals surface area contributed by atoms with E-state index in [1.165, 1.54) is 0 Å². The van der Waals surface area contributed by atoms with E-state index in [9.17, 15) is 32.3 Å². The van der Waals surface area contributed by atoms with Gasteiger partial charge >= 0.3 is 18.1 Å². The molecule has 0 saturated carbocycles. The average molecular weight is 688 g/mol. The Labute approximate surface area is 284 Å². The van der Waals surface area contributed by atoms with Gasteiger partial charge in [-0.1, -0.05) is 12.1 Å². The topological polar surface area (TPSA) is 182 Å². The van der Waals surface area contributed by atoms with Gasteiger partial charge in [0.1, 0.15) is 23.0 Å². The second kappa shape index (κ2) is 13.9. The molecule has 0 aliphatic carbocycles. The lowest BCUT2D eigenvalue weighted by Crippen LogP contribution is -2.45. The van der Waals surface area contributed by atoms with Gasteiger partial charge in [0.2, 0.25) is 5.95 Å². The Morgan fingerprint density at radius 2 is 1.63 bits per heavy atom. The number of nitrogen functional groups attached to an aromatic ring is 1. The number of fused-ring (bicyclic) bond motifs is 1. The summed E-state index contributed by atoms with van der Waals surface area (Å²) in [5, 5.41) is 2.45. The zero-order valence-corrected chi connectivity index (χ0v) is 27.3. The van der Waals surface area contributed by atoms with Crippen LogP contribution in [-0.4, -0.2) is 61.1 Å². The molecule has 1 atom stereocenters. The van der Waals surface area contributed by atoms with Crippen molar-refractivity contribution >= 4 is 40.6 Å². The fraction of sp³-hybridized carbons (Fsp3) is 0.364. The molecule has 2 heterocycles. The number of nitrogens with two attached hydrogens (primary N) is 1. The van der Waals surface area contributed by atoms with Gasteiger partial charge in [0.05, 0.1) is 23.9 Å². The van der Waals surface area contributed by atoms with Crippen molar-refractivity contribution < 1.29 is 42.5 Å². The molecule has 0 aliphatic heterocycles. The molecule has 4 aromatic rings. The Kier molecular flexibility index (Phi) is 8.73. The van der Waals surface area contributed by atoms with E-state index in [1.807, 2.05) is 0 Å². The molecule has 0 saturated heterocycles. The third kappa shape index (κ3) is 9.98. The summed E-state index contributed by atoms with van der Waals surface area (Å²) in [7, 11) is 0. The number of hydrogen-bond acceptors (Lipinski definition) is 10. The molecule has 0 bridgehead atoms. The number of nitrogens with one attached hydrogen (secondary N) is 2. The summed E-state index contributed by atoms with van der Waals surface area (Å²) in [5.74, 6) is -4.73. The number of hydrogen-bond donors (Lipinski definition) is 3. The van der Waals surface area contributed by atoms with Crippen LogP contribution >= 0.6 is 0 Å². The lowest BCUT2D eigenvalue weighted by Gasteiger charge is -2.25. The summed E-state index contributed by atoms with van der Waals surface area (Å²) in [6.07, 6.45) is -4.85. The molecule has 2 aromatic heterocycles. The molecule has 0 fully saturated rings. The SMILES string of the molecule is [2H]c1c([2H])c(OC(C)(C)C)c([2H])c([2H])c1CC(NC(=O)c1ccc(N(Cc2cnc3nc(N)[nH]c(=O)c3n2)C(=O)C(F)(F)F)cc1)C(=O)OC(C)(C)C. The summed E-state index contributed by atoms with van der Waals surface area (Å²) in [5.41, 5.74) is 1.37. The van der Waals surface area contributed by atoms with Gasteiger partial charge < -0.3 is 20.5 Å². The first-order chi connectivity index (χ1) is 24.4.